The van der Waals surface area contributed by atoms with Crippen LogP contribution < -0.4 is 0 Å². The van der Waals surface area contributed by atoms with Crippen molar-refractivity contribution in [1.29, 1.82) is 0 Å². The summed E-state index contributed by atoms with van der Waals surface area (Å²) in [5, 5.41) is 0. The first-order valence-corrected chi connectivity index (χ1v) is 13.2. The Morgan fingerprint density at radius 1 is 0.600 bits per heavy atom. The van der Waals surface area contributed by atoms with Crippen molar-refractivity contribution in [2.45, 2.75) is 109 Å². The molecule has 0 rings (SSSR count). The lowest BCUT2D eigenvalue weighted by molar-refractivity contribution is 0.533. The van der Waals surface area contributed by atoms with Gasteiger partial charge in [0, 0.05) is 0 Å². The lowest BCUT2D eigenvalue weighted by Crippen LogP contribution is -2.07. The Kier molecular flexibility index (Phi) is 16.8. The molecule has 0 saturated carbocycles. The van der Waals surface area contributed by atoms with Crippen LogP contribution in [0, 0.1) is 0 Å². The summed E-state index contributed by atoms with van der Waals surface area (Å²) < 4.78 is 0. The van der Waals surface area contributed by atoms with Crippen LogP contribution in [0.15, 0.2) is 0 Å². The number of unbranched alkanes of at least 4 members (excludes halogenated alkanes) is 10. The standard InChI is InChI=1S/C17H36Cl2Si/c1-3-5-7-9-11-13-15-17(20(18)19)16-14-12-10-8-6-4-2/h17,20H,3-16H2,1-2H3. The van der Waals surface area contributed by atoms with Crippen LogP contribution in [0.3, 0.4) is 0 Å². The summed E-state index contributed by atoms with van der Waals surface area (Å²) >= 11 is 12.5. The molecular weight excluding hydrogens is 303 g/mol. The summed E-state index contributed by atoms with van der Waals surface area (Å²) in [5.74, 6) is 0. The molecule has 0 aromatic rings. The molecule has 3 heteroatoms. The second kappa shape index (κ2) is 16.2. The second-order valence-electron chi connectivity index (χ2n) is 6.21. The predicted octanol–water partition coefficient (Wildman–Crippen LogP) is 7.56. The quantitative estimate of drug-likeness (QED) is 0.164. The van der Waals surface area contributed by atoms with Gasteiger partial charge in [-0.05, 0) is 5.54 Å². The van der Waals surface area contributed by atoms with Crippen LogP contribution in [0.5, 0.6) is 0 Å². The largest absolute Gasteiger partial charge is 0.240 e. The monoisotopic (exact) mass is 338 g/mol. The van der Waals surface area contributed by atoms with Gasteiger partial charge in [-0.2, -0.15) is 22.2 Å². The molecule has 0 aliphatic heterocycles. The van der Waals surface area contributed by atoms with Gasteiger partial charge in [0.2, 0.25) is 7.42 Å². The van der Waals surface area contributed by atoms with Crippen molar-refractivity contribution in [3.8, 4) is 0 Å². The molecule has 0 spiro atoms. The third-order valence-electron chi connectivity index (χ3n) is 4.21. The Morgan fingerprint density at radius 3 is 1.30 bits per heavy atom. The smallest absolute Gasteiger partial charge is 0.150 e. The van der Waals surface area contributed by atoms with E-state index >= 15 is 0 Å². The maximum atomic E-state index is 6.27. The van der Waals surface area contributed by atoms with Gasteiger partial charge in [0.15, 0.2) is 0 Å². The first-order valence-electron chi connectivity index (χ1n) is 9.00. The van der Waals surface area contributed by atoms with E-state index < -0.39 is 7.42 Å². The van der Waals surface area contributed by atoms with Gasteiger partial charge in [-0.15, -0.1) is 0 Å². The molecule has 0 radical (unpaired) electrons. The summed E-state index contributed by atoms with van der Waals surface area (Å²) in [6, 6.07) is 0. The van der Waals surface area contributed by atoms with E-state index in [9.17, 15) is 0 Å². The molecule has 0 fully saturated rings. The minimum absolute atomic E-state index is 0.663. The lowest BCUT2D eigenvalue weighted by Gasteiger charge is -2.16. The Morgan fingerprint density at radius 2 is 0.950 bits per heavy atom. The maximum Gasteiger partial charge on any atom is 0.240 e. The number of hydrogen-bond acceptors (Lipinski definition) is 0. The molecule has 20 heavy (non-hydrogen) atoms. The van der Waals surface area contributed by atoms with Gasteiger partial charge in [-0.3, -0.25) is 0 Å². The number of hydrogen-bond donors (Lipinski definition) is 0. The van der Waals surface area contributed by atoms with Gasteiger partial charge in [0.05, 0.1) is 0 Å². The third kappa shape index (κ3) is 13.8. The Balaban J connectivity index is 3.51. The molecule has 0 N–H and O–H groups in total. The zero-order valence-corrected chi connectivity index (χ0v) is 16.5. The molecule has 0 bridgehead atoms. The van der Waals surface area contributed by atoms with E-state index in [0.717, 1.165) is 0 Å². The van der Waals surface area contributed by atoms with Crippen molar-refractivity contribution in [3.63, 3.8) is 0 Å². The number of halogens is 2. The van der Waals surface area contributed by atoms with Crippen LogP contribution in [0.1, 0.15) is 104 Å². The van der Waals surface area contributed by atoms with Gasteiger partial charge in [-0.25, -0.2) is 0 Å². The fourth-order valence-electron chi connectivity index (χ4n) is 2.77. The van der Waals surface area contributed by atoms with Gasteiger partial charge >= 0.3 is 0 Å². The van der Waals surface area contributed by atoms with Crippen LogP contribution >= 0.6 is 22.2 Å². The zero-order valence-electron chi connectivity index (χ0n) is 13.8. The summed E-state index contributed by atoms with van der Waals surface area (Å²) in [4.78, 5) is 0. The topological polar surface area (TPSA) is 0 Å². The van der Waals surface area contributed by atoms with Crippen molar-refractivity contribution >= 4 is 29.6 Å². The molecule has 0 amide bonds. The summed E-state index contributed by atoms with van der Waals surface area (Å²) in [6.45, 7) is 4.54. The minimum atomic E-state index is -1.47. The van der Waals surface area contributed by atoms with E-state index in [1.807, 2.05) is 0 Å². The Bertz CT molecular complexity index is 170. The zero-order chi connectivity index (χ0) is 15.1. The highest BCUT2D eigenvalue weighted by atomic mass is 35.7. The Hall–Kier alpha value is 0.797. The molecule has 0 saturated heterocycles. The first-order chi connectivity index (χ1) is 9.72. The first kappa shape index (κ1) is 20.8. The molecule has 122 valence electrons. The van der Waals surface area contributed by atoms with Crippen LogP contribution in [-0.4, -0.2) is 7.42 Å². The fourth-order valence-corrected chi connectivity index (χ4v) is 5.26. The van der Waals surface area contributed by atoms with E-state index in [0.29, 0.717) is 5.54 Å². The second-order valence-corrected chi connectivity index (χ2v) is 11.3. The van der Waals surface area contributed by atoms with Crippen LogP contribution in [0.25, 0.3) is 0 Å². The van der Waals surface area contributed by atoms with Gasteiger partial charge in [0.1, 0.15) is 0 Å². The van der Waals surface area contributed by atoms with E-state index in [1.165, 1.54) is 89.9 Å². The summed E-state index contributed by atoms with van der Waals surface area (Å²) in [6.07, 6.45) is 19.1. The van der Waals surface area contributed by atoms with Crippen molar-refractivity contribution < 1.29 is 0 Å². The van der Waals surface area contributed by atoms with Crippen molar-refractivity contribution in [3.05, 3.63) is 0 Å². The highest BCUT2D eigenvalue weighted by Gasteiger charge is 2.18. The number of rotatable bonds is 15. The summed E-state index contributed by atoms with van der Waals surface area (Å²) in [7, 11) is -1.47. The minimum Gasteiger partial charge on any atom is -0.150 e. The molecule has 0 unspecified atom stereocenters. The van der Waals surface area contributed by atoms with Crippen molar-refractivity contribution in [2.24, 2.45) is 0 Å². The summed E-state index contributed by atoms with van der Waals surface area (Å²) in [5.41, 5.74) is 0.663. The van der Waals surface area contributed by atoms with Gasteiger partial charge < -0.3 is 0 Å². The predicted molar refractivity (Wildman–Crippen MR) is 98.6 cm³/mol. The van der Waals surface area contributed by atoms with Crippen molar-refractivity contribution in [2.75, 3.05) is 0 Å². The maximum absolute atomic E-state index is 6.27. The molecular formula is C17H36Cl2Si. The molecule has 0 aromatic heterocycles. The van der Waals surface area contributed by atoms with Crippen molar-refractivity contribution in [1.82, 2.24) is 0 Å². The third-order valence-corrected chi connectivity index (χ3v) is 7.73. The molecule has 0 atom stereocenters. The van der Waals surface area contributed by atoms with E-state index in [2.05, 4.69) is 13.8 Å². The molecule has 0 aromatic carbocycles. The normalized spacial score (nSPS) is 11.7. The molecule has 0 aliphatic carbocycles. The van der Waals surface area contributed by atoms with E-state index in [4.69, 9.17) is 22.2 Å². The van der Waals surface area contributed by atoms with Gasteiger partial charge in [0.25, 0.3) is 0 Å². The SMILES string of the molecule is CCCCCCCCC(CCCCCCCC)[SiH](Cl)Cl. The van der Waals surface area contributed by atoms with E-state index in [1.54, 1.807) is 0 Å². The van der Waals surface area contributed by atoms with Crippen LogP contribution in [0.2, 0.25) is 5.54 Å². The van der Waals surface area contributed by atoms with Gasteiger partial charge in [-0.1, -0.05) is 104 Å². The molecule has 0 nitrogen and oxygen atoms in total. The lowest BCUT2D eigenvalue weighted by atomic mass is 10.0. The van der Waals surface area contributed by atoms with Crippen LogP contribution in [0.4, 0.5) is 0 Å². The molecule has 0 heterocycles. The Labute approximate surface area is 139 Å². The van der Waals surface area contributed by atoms with Crippen LogP contribution in [-0.2, 0) is 0 Å². The average molecular weight is 339 g/mol. The highest BCUT2D eigenvalue weighted by Crippen LogP contribution is 2.30. The highest BCUT2D eigenvalue weighted by molar-refractivity contribution is 7.34. The molecule has 0 aliphatic rings. The fraction of sp³-hybridized carbons (Fsp3) is 1.00. The van der Waals surface area contributed by atoms with E-state index in [-0.39, 0.29) is 0 Å². The average Bonchev–Trinajstić information content (AvgIpc) is 2.43.